The number of rotatable bonds is 7. The summed E-state index contributed by atoms with van der Waals surface area (Å²) in [6.07, 6.45) is 2.63. The first-order valence-corrected chi connectivity index (χ1v) is 8.57. The monoisotopic (exact) mass is 335 g/mol. The molecule has 1 aliphatic rings. The molecule has 1 fully saturated rings. The van der Waals surface area contributed by atoms with Crippen LogP contribution < -0.4 is 9.47 Å². The van der Waals surface area contributed by atoms with E-state index in [-0.39, 0.29) is 11.1 Å². The maximum atomic E-state index is 12.1. The molecule has 5 nitrogen and oxygen atoms in total. The number of ether oxygens (including phenoxy) is 2. The van der Waals surface area contributed by atoms with E-state index in [2.05, 4.69) is 0 Å². The number of hydrogen-bond donors (Lipinski definition) is 0. The van der Waals surface area contributed by atoms with Gasteiger partial charge >= 0.3 is 0 Å². The van der Waals surface area contributed by atoms with Gasteiger partial charge in [0.1, 0.15) is 0 Å². The summed E-state index contributed by atoms with van der Waals surface area (Å²) in [5, 5.41) is -0.225. The highest BCUT2D eigenvalue weighted by Crippen LogP contribution is 2.34. The van der Waals surface area contributed by atoms with Gasteiger partial charge in [-0.25, -0.2) is 0 Å². The lowest BCUT2D eigenvalue weighted by Gasteiger charge is -2.12. The van der Waals surface area contributed by atoms with Crippen LogP contribution in [0.4, 0.5) is 4.79 Å². The quantitative estimate of drug-likeness (QED) is 0.707. The molecule has 1 aromatic carbocycles. The van der Waals surface area contributed by atoms with Crippen LogP contribution in [-0.4, -0.2) is 35.8 Å². The van der Waals surface area contributed by atoms with Crippen LogP contribution >= 0.6 is 11.8 Å². The smallest absolute Gasteiger partial charge is 0.293 e. The van der Waals surface area contributed by atoms with Crippen molar-refractivity contribution >= 4 is 29.0 Å². The van der Waals surface area contributed by atoms with Crippen molar-refractivity contribution in [2.24, 2.45) is 0 Å². The molecule has 1 heterocycles. The number of nitrogens with zero attached hydrogens (tertiary/aromatic N) is 1. The van der Waals surface area contributed by atoms with Crippen LogP contribution in [0.5, 0.6) is 11.5 Å². The molecule has 0 atom stereocenters. The normalized spacial score (nSPS) is 16.3. The van der Waals surface area contributed by atoms with E-state index in [9.17, 15) is 9.59 Å². The second-order valence-corrected chi connectivity index (χ2v) is 5.91. The summed E-state index contributed by atoms with van der Waals surface area (Å²) in [6.45, 7) is 7.26. The summed E-state index contributed by atoms with van der Waals surface area (Å²) in [4.78, 5) is 25.5. The standard InChI is InChI=1S/C17H21NO4S/c1-4-9-22-13-8-7-12(10-14(13)21-6-3)11-15-16(19)18(5-2)17(20)23-15/h7-8,10-11H,4-6,9H2,1-3H3/b15-11-. The molecule has 1 saturated heterocycles. The van der Waals surface area contributed by atoms with Gasteiger partial charge in [-0.05, 0) is 55.8 Å². The third kappa shape index (κ3) is 4.07. The van der Waals surface area contributed by atoms with Gasteiger partial charge in [-0.1, -0.05) is 13.0 Å². The van der Waals surface area contributed by atoms with Gasteiger partial charge in [0.25, 0.3) is 11.1 Å². The van der Waals surface area contributed by atoms with E-state index in [0.717, 1.165) is 23.7 Å². The minimum absolute atomic E-state index is 0.225. The minimum Gasteiger partial charge on any atom is -0.490 e. The molecule has 23 heavy (non-hydrogen) atoms. The van der Waals surface area contributed by atoms with Crippen LogP contribution in [0, 0.1) is 0 Å². The Kier molecular flexibility index (Phi) is 6.10. The van der Waals surface area contributed by atoms with Gasteiger partial charge in [-0.2, -0.15) is 0 Å². The number of imide groups is 1. The Hall–Kier alpha value is -1.95. The highest BCUT2D eigenvalue weighted by molar-refractivity contribution is 8.18. The maximum absolute atomic E-state index is 12.1. The van der Waals surface area contributed by atoms with E-state index in [0.29, 0.717) is 36.2 Å². The molecule has 0 radical (unpaired) electrons. The fraction of sp³-hybridized carbons (Fsp3) is 0.412. The molecule has 6 heteroatoms. The molecule has 0 aliphatic carbocycles. The summed E-state index contributed by atoms with van der Waals surface area (Å²) >= 11 is 0.965. The zero-order chi connectivity index (χ0) is 16.8. The number of benzene rings is 1. The van der Waals surface area contributed by atoms with Gasteiger partial charge in [-0.15, -0.1) is 0 Å². The van der Waals surface area contributed by atoms with Gasteiger partial charge in [0.15, 0.2) is 11.5 Å². The van der Waals surface area contributed by atoms with E-state index in [1.54, 1.807) is 13.0 Å². The number of hydrogen-bond acceptors (Lipinski definition) is 5. The molecule has 2 rings (SSSR count). The zero-order valence-electron chi connectivity index (χ0n) is 13.6. The van der Waals surface area contributed by atoms with Gasteiger partial charge in [-0.3, -0.25) is 14.5 Å². The third-order valence-electron chi connectivity index (χ3n) is 3.22. The van der Waals surface area contributed by atoms with Gasteiger partial charge in [0, 0.05) is 6.54 Å². The summed E-state index contributed by atoms with van der Waals surface area (Å²) in [5.74, 6) is 1.09. The SMILES string of the molecule is CCCOc1ccc(/C=C2\SC(=O)N(CC)C2=O)cc1OCC. The Labute approximate surface area is 140 Å². The van der Waals surface area contributed by atoms with Crippen LogP contribution in [-0.2, 0) is 4.79 Å². The minimum atomic E-state index is -0.244. The summed E-state index contributed by atoms with van der Waals surface area (Å²) in [5.41, 5.74) is 0.805. The number of carbonyl (C=O) groups is 2. The number of carbonyl (C=O) groups excluding carboxylic acids is 2. The van der Waals surface area contributed by atoms with Crippen molar-refractivity contribution in [3.05, 3.63) is 28.7 Å². The molecule has 1 aliphatic heterocycles. The van der Waals surface area contributed by atoms with Crippen molar-refractivity contribution in [1.29, 1.82) is 0 Å². The largest absolute Gasteiger partial charge is 0.490 e. The highest BCUT2D eigenvalue weighted by Gasteiger charge is 2.33. The fourth-order valence-corrected chi connectivity index (χ4v) is 3.04. The predicted octanol–water partition coefficient (Wildman–Crippen LogP) is 3.93. The summed E-state index contributed by atoms with van der Waals surface area (Å²) in [6, 6.07) is 5.51. The van der Waals surface area contributed by atoms with E-state index < -0.39 is 0 Å². The third-order valence-corrected chi connectivity index (χ3v) is 4.12. The molecule has 0 aromatic heterocycles. The topological polar surface area (TPSA) is 55.8 Å². The second kappa shape index (κ2) is 8.06. The first-order chi connectivity index (χ1) is 11.1. The van der Waals surface area contributed by atoms with Crippen LogP contribution in [0.15, 0.2) is 23.1 Å². The van der Waals surface area contributed by atoms with Gasteiger partial charge < -0.3 is 9.47 Å². The van der Waals surface area contributed by atoms with Crippen LogP contribution in [0.2, 0.25) is 0 Å². The zero-order valence-corrected chi connectivity index (χ0v) is 14.4. The molecule has 0 saturated carbocycles. The molecule has 0 spiro atoms. The molecule has 2 amide bonds. The van der Waals surface area contributed by atoms with E-state index in [4.69, 9.17) is 9.47 Å². The number of amides is 2. The molecular weight excluding hydrogens is 314 g/mol. The van der Waals surface area contributed by atoms with Crippen molar-refractivity contribution in [1.82, 2.24) is 4.90 Å². The average molecular weight is 335 g/mol. The van der Waals surface area contributed by atoms with Crippen molar-refractivity contribution < 1.29 is 19.1 Å². The van der Waals surface area contributed by atoms with Crippen LogP contribution in [0.3, 0.4) is 0 Å². The fourth-order valence-electron chi connectivity index (χ4n) is 2.14. The Morgan fingerprint density at radius 1 is 1.13 bits per heavy atom. The second-order valence-electron chi connectivity index (χ2n) is 4.91. The van der Waals surface area contributed by atoms with Crippen LogP contribution in [0.25, 0.3) is 6.08 Å². The molecule has 0 unspecified atom stereocenters. The number of likely N-dealkylation sites (N-methyl/N-ethyl adjacent to an activating group) is 1. The summed E-state index contributed by atoms with van der Waals surface area (Å²) < 4.78 is 11.3. The Balaban J connectivity index is 2.26. The van der Waals surface area contributed by atoms with Crippen molar-refractivity contribution in [3.8, 4) is 11.5 Å². The van der Waals surface area contributed by atoms with Crippen LogP contribution in [0.1, 0.15) is 32.8 Å². The van der Waals surface area contributed by atoms with Crippen molar-refractivity contribution in [3.63, 3.8) is 0 Å². The van der Waals surface area contributed by atoms with Gasteiger partial charge in [0.2, 0.25) is 0 Å². The van der Waals surface area contributed by atoms with Crippen molar-refractivity contribution in [2.75, 3.05) is 19.8 Å². The average Bonchev–Trinajstić information content (AvgIpc) is 2.80. The molecular formula is C17H21NO4S. The summed E-state index contributed by atoms with van der Waals surface area (Å²) in [7, 11) is 0. The lowest BCUT2D eigenvalue weighted by Crippen LogP contribution is -2.27. The Morgan fingerprint density at radius 3 is 2.52 bits per heavy atom. The molecule has 0 N–H and O–H groups in total. The van der Waals surface area contributed by atoms with Crippen molar-refractivity contribution in [2.45, 2.75) is 27.2 Å². The van der Waals surface area contributed by atoms with E-state index in [1.807, 2.05) is 32.0 Å². The van der Waals surface area contributed by atoms with E-state index in [1.165, 1.54) is 4.90 Å². The predicted molar refractivity (Wildman–Crippen MR) is 91.7 cm³/mol. The Morgan fingerprint density at radius 2 is 1.91 bits per heavy atom. The molecule has 124 valence electrons. The first-order valence-electron chi connectivity index (χ1n) is 7.75. The first kappa shape index (κ1) is 17.4. The maximum Gasteiger partial charge on any atom is 0.293 e. The Bertz CT molecular complexity index is 627. The van der Waals surface area contributed by atoms with E-state index >= 15 is 0 Å². The molecule has 0 bridgehead atoms. The highest BCUT2D eigenvalue weighted by atomic mass is 32.2. The molecule has 1 aromatic rings. The lowest BCUT2D eigenvalue weighted by atomic mass is 10.2. The van der Waals surface area contributed by atoms with Gasteiger partial charge in [0.05, 0.1) is 18.1 Å². The lowest BCUT2D eigenvalue weighted by molar-refractivity contribution is -0.122. The number of thioether (sulfide) groups is 1.